The molecule has 0 amide bonds. The van der Waals surface area contributed by atoms with Crippen LogP contribution < -0.4 is 5.73 Å². The van der Waals surface area contributed by atoms with Gasteiger partial charge < -0.3 is 39.3 Å². The second-order valence-electron chi connectivity index (χ2n) is 7.17. The molecular weight excluding hydrogens is 322 g/mol. The normalized spacial score (nSPS) is 42.0. The van der Waals surface area contributed by atoms with Crippen LogP contribution in [-0.4, -0.2) is 72.6 Å². The van der Waals surface area contributed by atoms with Crippen molar-refractivity contribution in [2.45, 2.75) is 82.1 Å². The Bertz CT molecular complexity index is 510. The molecule has 0 aromatic heterocycles. The van der Waals surface area contributed by atoms with E-state index in [0.29, 0.717) is 0 Å². The molecule has 3 aliphatic rings. The molecule has 0 spiro atoms. The third kappa shape index (κ3) is 3.05. The van der Waals surface area contributed by atoms with Crippen molar-refractivity contribution in [1.82, 2.24) is 0 Å². The Morgan fingerprint density at radius 2 is 1.58 bits per heavy atom. The fourth-order valence-corrected chi connectivity index (χ4v) is 3.40. The van der Waals surface area contributed by atoms with Crippen LogP contribution in [0.1, 0.15) is 27.7 Å². The first-order valence-corrected chi connectivity index (χ1v) is 7.93. The molecule has 3 rings (SSSR count). The molecule has 3 N–H and O–H groups in total. The third-order valence-corrected chi connectivity index (χ3v) is 4.37. The lowest BCUT2D eigenvalue weighted by molar-refractivity contribution is -0.254. The lowest BCUT2D eigenvalue weighted by Crippen LogP contribution is -2.62. The molecule has 0 unspecified atom stereocenters. The number of methoxy groups -OCH3 is 1. The smallest absolute Gasteiger partial charge is 0.325 e. The maximum absolute atomic E-state index is 11.7. The van der Waals surface area contributed by atoms with Gasteiger partial charge in [-0.15, -0.1) is 0 Å². The highest BCUT2D eigenvalue weighted by Crippen LogP contribution is 2.44. The molecule has 0 saturated carbocycles. The van der Waals surface area contributed by atoms with Crippen LogP contribution in [0.25, 0.3) is 0 Å². The fraction of sp³-hybridized carbons (Fsp3) is 0.933. The summed E-state index contributed by atoms with van der Waals surface area (Å²) in [5.41, 5.74) is 5.77. The lowest BCUT2D eigenvalue weighted by atomic mass is 9.92. The van der Waals surface area contributed by atoms with Gasteiger partial charge in [0.1, 0.15) is 36.6 Å². The average molecular weight is 347 g/mol. The highest BCUT2D eigenvalue weighted by atomic mass is 16.9. The van der Waals surface area contributed by atoms with Gasteiger partial charge in [0.2, 0.25) is 0 Å². The molecule has 138 valence electrons. The van der Waals surface area contributed by atoms with E-state index in [-0.39, 0.29) is 0 Å². The molecule has 24 heavy (non-hydrogen) atoms. The molecule has 7 atom stereocenters. The van der Waals surface area contributed by atoms with Crippen molar-refractivity contribution >= 4 is 5.97 Å². The van der Waals surface area contributed by atoms with Crippen LogP contribution >= 0.6 is 0 Å². The maximum atomic E-state index is 11.7. The van der Waals surface area contributed by atoms with Crippen molar-refractivity contribution in [2.24, 2.45) is 5.73 Å². The topological polar surface area (TPSA) is 119 Å². The average Bonchev–Trinajstić information content (AvgIpc) is 2.98. The Balaban J connectivity index is 1.86. The molecule has 3 heterocycles. The van der Waals surface area contributed by atoms with Crippen molar-refractivity contribution in [3.63, 3.8) is 0 Å². The number of esters is 1. The number of carbonyl (C=O) groups excluding carboxylic acids is 1. The summed E-state index contributed by atoms with van der Waals surface area (Å²) in [6.07, 6.45) is -4.73. The van der Waals surface area contributed by atoms with Gasteiger partial charge in [0.25, 0.3) is 0 Å². The zero-order valence-corrected chi connectivity index (χ0v) is 14.4. The van der Waals surface area contributed by atoms with Crippen molar-refractivity contribution in [3.8, 4) is 0 Å². The molecule has 3 saturated heterocycles. The molecule has 0 aliphatic carbocycles. The molecule has 9 nitrogen and oxygen atoms in total. The van der Waals surface area contributed by atoms with Crippen LogP contribution in [0, 0.1) is 0 Å². The van der Waals surface area contributed by atoms with E-state index in [9.17, 15) is 9.90 Å². The second-order valence-corrected chi connectivity index (χ2v) is 7.17. The highest BCUT2D eigenvalue weighted by molar-refractivity contribution is 5.76. The largest absolute Gasteiger partial charge is 0.468 e. The number of rotatable bonds is 3. The summed E-state index contributed by atoms with van der Waals surface area (Å²) in [6, 6.07) is -1.28. The van der Waals surface area contributed by atoms with Crippen molar-refractivity contribution in [3.05, 3.63) is 0 Å². The molecular formula is C15H25NO8. The summed E-state index contributed by atoms with van der Waals surface area (Å²) >= 11 is 0. The SMILES string of the molecule is COC(=O)[C@@H](N)[C@@H](O)[C@H]1O[C@@H]2OC(C)(C)O[C@@H]2[C@H]2OC(C)(C)O[C@H]21. The van der Waals surface area contributed by atoms with Gasteiger partial charge in [-0.25, -0.2) is 0 Å². The molecule has 0 aromatic carbocycles. The minimum absolute atomic E-state index is 0.510. The lowest BCUT2D eigenvalue weighted by Gasteiger charge is -2.40. The first-order valence-electron chi connectivity index (χ1n) is 7.93. The highest BCUT2D eigenvalue weighted by Gasteiger charge is 2.62. The standard InChI is InChI=1S/C15H25NO8/c1-14(2)21-9-8(7(17)6(16)12(18)19-5)20-13-11(10(9)22-14)23-15(3,4)24-13/h6-11,13,17H,16H2,1-5H3/t6-,7+,8+,9-,10-,11+,13+/m0/s1. The third-order valence-electron chi connectivity index (χ3n) is 4.37. The van der Waals surface area contributed by atoms with Crippen molar-refractivity contribution in [1.29, 1.82) is 0 Å². The number of hydrogen-bond donors (Lipinski definition) is 2. The summed E-state index contributed by atoms with van der Waals surface area (Å²) in [7, 11) is 1.20. The van der Waals surface area contributed by atoms with E-state index in [2.05, 4.69) is 4.74 Å². The Kier molecular flexibility index (Phi) is 4.40. The molecule has 0 aromatic rings. The summed E-state index contributed by atoms with van der Waals surface area (Å²) in [4.78, 5) is 11.7. The zero-order valence-electron chi connectivity index (χ0n) is 14.4. The number of nitrogens with two attached hydrogens (primary N) is 1. The Labute approximate surface area is 140 Å². The van der Waals surface area contributed by atoms with E-state index in [1.807, 2.05) is 0 Å². The molecule has 3 aliphatic heterocycles. The van der Waals surface area contributed by atoms with E-state index in [1.54, 1.807) is 27.7 Å². The van der Waals surface area contributed by atoms with Gasteiger partial charge >= 0.3 is 5.97 Å². The van der Waals surface area contributed by atoms with Gasteiger partial charge in [-0.2, -0.15) is 0 Å². The first-order chi connectivity index (χ1) is 11.0. The maximum Gasteiger partial charge on any atom is 0.325 e. The van der Waals surface area contributed by atoms with Crippen LogP contribution in [-0.2, 0) is 33.2 Å². The summed E-state index contributed by atoms with van der Waals surface area (Å²) < 4.78 is 33.8. The number of fused-ring (bicyclic) bond motifs is 3. The number of aliphatic hydroxyl groups is 1. The van der Waals surface area contributed by atoms with Gasteiger partial charge in [-0.1, -0.05) is 0 Å². The molecule has 3 fully saturated rings. The minimum Gasteiger partial charge on any atom is -0.468 e. The first kappa shape index (κ1) is 18.0. The van der Waals surface area contributed by atoms with Crippen LogP contribution in [0.3, 0.4) is 0 Å². The monoisotopic (exact) mass is 347 g/mol. The van der Waals surface area contributed by atoms with Gasteiger partial charge in [0.15, 0.2) is 17.9 Å². The summed E-state index contributed by atoms with van der Waals surface area (Å²) in [5.74, 6) is -2.50. The van der Waals surface area contributed by atoms with E-state index < -0.39 is 60.4 Å². The predicted octanol–water partition coefficient (Wildman–Crippen LogP) is -0.756. The van der Waals surface area contributed by atoms with E-state index >= 15 is 0 Å². The summed E-state index contributed by atoms with van der Waals surface area (Å²) in [6.45, 7) is 7.03. The Hall–Kier alpha value is -0.810. The number of ether oxygens (including phenoxy) is 6. The van der Waals surface area contributed by atoms with Crippen LogP contribution in [0.15, 0.2) is 0 Å². The van der Waals surface area contributed by atoms with E-state index in [4.69, 9.17) is 29.4 Å². The van der Waals surface area contributed by atoms with Gasteiger partial charge in [0.05, 0.1) is 7.11 Å². The van der Waals surface area contributed by atoms with Crippen molar-refractivity contribution < 1.29 is 38.3 Å². The fourth-order valence-electron chi connectivity index (χ4n) is 3.40. The Morgan fingerprint density at radius 1 is 1.04 bits per heavy atom. The molecule has 0 bridgehead atoms. The minimum atomic E-state index is -1.35. The quantitative estimate of drug-likeness (QED) is 0.635. The molecule has 0 radical (unpaired) electrons. The van der Waals surface area contributed by atoms with Crippen LogP contribution in [0.4, 0.5) is 0 Å². The second kappa shape index (κ2) is 5.87. The van der Waals surface area contributed by atoms with Crippen LogP contribution in [0.2, 0.25) is 0 Å². The van der Waals surface area contributed by atoms with E-state index in [0.717, 1.165) is 0 Å². The van der Waals surface area contributed by atoms with Gasteiger partial charge in [0, 0.05) is 0 Å². The Morgan fingerprint density at radius 3 is 2.21 bits per heavy atom. The predicted molar refractivity (Wildman–Crippen MR) is 78.5 cm³/mol. The summed E-state index contributed by atoms with van der Waals surface area (Å²) in [5, 5.41) is 10.5. The molecule has 9 heteroatoms. The number of aliphatic hydroxyl groups excluding tert-OH is 1. The van der Waals surface area contributed by atoms with E-state index in [1.165, 1.54) is 7.11 Å². The van der Waals surface area contributed by atoms with Gasteiger partial charge in [-0.05, 0) is 27.7 Å². The van der Waals surface area contributed by atoms with Gasteiger partial charge in [-0.3, -0.25) is 4.79 Å². The van der Waals surface area contributed by atoms with Crippen LogP contribution in [0.5, 0.6) is 0 Å². The number of hydrogen-bond acceptors (Lipinski definition) is 9. The zero-order chi connectivity index (χ0) is 17.9. The number of carbonyl (C=O) groups is 1. The van der Waals surface area contributed by atoms with Crippen molar-refractivity contribution in [2.75, 3.05) is 7.11 Å².